The average molecular weight is 1450 g/mol. The molecule has 3 aliphatic rings. The largest absolute Gasteiger partial charge is 0.491 e. The monoisotopic (exact) mass is 1450 g/mol. The van der Waals surface area contributed by atoms with Gasteiger partial charge in [0.1, 0.15) is 55.0 Å². The summed E-state index contributed by atoms with van der Waals surface area (Å²) in [4.78, 5) is 139. The molecule has 1 saturated heterocycles. The van der Waals surface area contributed by atoms with Crippen LogP contribution in [0, 0.1) is 11.8 Å². The van der Waals surface area contributed by atoms with E-state index in [0.717, 1.165) is 28.4 Å². The summed E-state index contributed by atoms with van der Waals surface area (Å²) < 4.78 is 76.2. The van der Waals surface area contributed by atoms with Crippen LogP contribution in [-0.4, -0.2) is 148 Å². The Hall–Kier alpha value is -9.29. The lowest BCUT2D eigenvalue weighted by Crippen LogP contribution is -2.49. The molecule has 7 atom stereocenters. The van der Waals surface area contributed by atoms with Crippen LogP contribution in [0.3, 0.4) is 0 Å². The highest BCUT2D eigenvalue weighted by Gasteiger charge is 2.44. The van der Waals surface area contributed by atoms with Crippen molar-refractivity contribution in [2.24, 2.45) is 10.2 Å². The number of hydrogen-bond acceptors (Lipinski definition) is 23. The average Bonchev–Trinajstić information content (AvgIpc) is 0.977. The minimum absolute atomic E-state index is 0.0501. The number of carbonyl (C=O) groups excluding carboxylic acids is 5. The Labute approximate surface area is 570 Å². The van der Waals surface area contributed by atoms with Gasteiger partial charge in [-0.3, -0.25) is 33.1 Å². The number of azide groups is 2. The number of allylic oxidation sites excluding steroid dienone is 6. The summed E-state index contributed by atoms with van der Waals surface area (Å²) in [6.45, 7) is 5.05. The van der Waals surface area contributed by atoms with Crippen molar-refractivity contribution in [2.45, 2.75) is 102 Å². The minimum Gasteiger partial charge on any atom is -0.491 e. The number of unbranched alkanes of at least 4 members (excludes halogenated alkanes) is 2. The third kappa shape index (κ3) is 24.3. The van der Waals surface area contributed by atoms with Gasteiger partial charge in [0, 0.05) is 95.4 Å². The Morgan fingerprint density at radius 1 is 0.860 bits per heavy atom. The number of nitrogen functional groups attached to an aromatic ring is 1. The normalized spacial score (nSPS) is 18.9. The highest BCUT2D eigenvalue weighted by atomic mass is 31.3. The first-order valence-electron chi connectivity index (χ1n) is 30.9. The first-order chi connectivity index (χ1) is 47.5. The maximum absolute atomic E-state index is 13.2. The zero-order valence-electron chi connectivity index (χ0n) is 54.1. The van der Waals surface area contributed by atoms with E-state index in [9.17, 15) is 57.0 Å². The van der Waals surface area contributed by atoms with Gasteiger partial charge in [0.15, 0.2) is 6.23 Å². The maximum atomic E-state index is 13.2. The van der Waals surface area contributed by atoms with E-state index in [-0.39, 0.29) is 96.5 Å². The van der Waals surface area contributed by atoms with E-state index in [0.29, 0.717) is 61.9 Å². The van der Waals surface area contributed by atoms with Gasteiger partial charge in [-0.2, -0.15) is 13.6 Å². The number of aromatic nitrogens is 2. The predicted molar refractivity (Wildman–Crippen MR) is 357 cm³/mol. The number of fused-ring (bicyclic) bond motifs is 2. The molecule has 536 valence electrons. The molecule has 7 rings (SSSR count). The highest BCUT2D eigenvalue weighted by Crippen LogP contribution is 2.66. The van der Waals surface area contributed by atoms with Crippen LogP contribution in [0.15, 0.2) is 121 Å². The lowest BCUT2D eigenvalue weighted by Gasteiger charge is -2.47. The summed E-state index contributed by atoms with van der Waals surface area (Å²) in [5.41, 5.74) is 24.5. The number of nitrogens with one attached hydrogen (secondary N) is 5. The van der Waals surface area contributed by atoms with Gasteiger partial charge in [-0.15, -0.1) is 0 Å². The molecule has 2 aromatic heterocycles. The van der Waals surface area contributed by atoms with Crippen LogP contribution in [0.4, 0.5) is 11.5 Å². The molecule has 37 nitrogen and oxygen atoms in total. The number of benzene rings is 2. The number of ether oxygens (including phenoxy) is 4. The molecule has 1 aliphatic carbocycles. The van der Waals surface area contributed by atoms with Gasteiger partial charge in [0.25, 0.3) is 17.7 Å². The Morgan fingerprint density at radius 2 is 1.59 bits per heavy atom. The van der Waals surface area contributed by atoms with Crippen molar-refractivity contribution in [3.63, 3.8) is 0 Å². The maximum Gasteiger partial charge on any atom is 0.490 e. The number of nitrogens with zero attached hydrogens (tertiary/aromatic N) is 9. The van der Waals surface area contributed by atoms with E-state index in [1.54, 1.807) is 54.7 Å². The van der Waals surface area contributed by atoms with Crippen molar-refractivity contribution < 1.29 is 93.8 Å². The lowest BCUT2D eigenvalue weighted by molar-refractivity contribution is -0.128. The van der Waals surface area contributed by atoms with Crippen molar-refractivity contribution in [2.75, 3.05) is 76.5 Å². The number of carbonyl (C=O) groups is 5. The summed E-state index contributed by atoms with van der Waals surface area (Å²) in [5, 5.41) is 21.1. The fraction of sp³-hybridized carbons (Fsp3) is 0.433. The quantitative estimate of drug-likeness (QED) is 0.00520. The molecular formula is C60H74N15O22P3. The molecule has 7 unspecified atom stereocenters. The van der Waals surface area contributed by atoms with Crippen LogP contribution in [0.25, 0.3) is 31.9 Å². The van der Waals surface area contributed by atoms with E-state index in [2.05, 4.69) is 102 Å². The molecule has 5 amide bonds. The van der Waals surface area contributed by atoms with Crippen LogP contribution in [0.5, 0.6) is 5.75 Å². The SMILES string of the molecule is CC1CC(C)(C)N(CCCC(=O)NCCCCCNC(=O)c2cccc(OCC(N=[N+]=[N-])OCC(=O)NCC#Cc3cn(C4CC(OCN=[N+]=[N-])C(COP(=O)(O)OP(=O)(O)OP(=O)(O)O)O4)c(=O)nc3N)c2)c2cc3oc(=O)c(C(=O)NCCNC(=O)C4=C/C=C\C=C/C=C4)cc3cc21. The lowest BCUT2D eigenvalue weighted by atomic mass is 9.79. The summed E-state index contributed by atoms with van der Waals surface area (Å²) >= 11 is 0. The number of hydrogen-bond donors (Lipinski definition) is 10. The predicted octanol–water partition coefficient (Wildman–Crippen LogP) is 5.46. The third-order valence-electron chi connectivity index (χ3n) is 15.1. The molecule has 100 heavy (non-hydrogen) atoms. The van der Waals surface area contributed by atoms with Gasteiger partial charge < -0.3 is 80.2 Å². The summed E-state index contributed by atoms with van der Waals surface area (Å²) in [5.74, 6) is 3.13. The number of anilines is 2. The molecule has 0 radical (unpaired) electrons. The van der Waals surface area contributed by atoms with Crippen molar-refractivity contribution in [3.05, 3.63) is 161 Å². The number of nitrogens with two attached hydrogens (primary N) is 1. The van der Waals surface area contributed by atoms with E-state index < -0.39 is 91.2 Å². The van der Waals surface area contributed by atoms with Crippen LogP contribution < -0.4 is 53.3 Å². The fourth-order valence-corrected chi connectivity index (χ4v) is 13.6. The van der Waals surface area contributed by atoms with Crippen LogP contribution >= 0.6 is 23.5 Å². The van der Waals surface area contributed by atoms with Gasteiger partial charge in [-0.25, -0.2) is 23.3 Å². The van der Waals surface area contributed by atoms with Crippen LogP contribution in [-0.2, 0) is 55.4 Å². The van der Waals surface area contributed by atoms with E-state index in [4.69, 9.17) is 49.9 Å². The number of phosphoric ester groups is 1. The van der Waals surface area contributed by atoms with Gasteiger partial charge in [0.05, 0.1) is 24.8 Å². The standard InChI is InChI=1S/C60H74N15O22P3/c1-38-32-60(2,3)75(46-30-47-42(28-44(38)46)29-45(58(81)95-47)57(80)68-25-24-67-55(78)39-15-8-5-4-6-9-16-39)26-14-20-50(76)64-21-10-7-11-22-66-56(79)40-17-12-19-43(27-40)90-36-52(71-73-63)91-35-51(77)65-23-13-18-41-33-74(59(82)70-54(41)61)53-31-48(92-37-69-72-62)49(94-53)34-93-99(86,87)97-100(88,89)96-98(83,84)85/h4-6,8-9,12,15-17,19,27-30,33,38,48-49,52-53H,7,10-11,14,20-26,31-32,34-37H2,1-3H3,(H,64,76)(H,65,77)(H,66,79)(H,67,78)(H,68,80)(H,86,87)(H,88,89)(H2,61,70,82)(H2,83,84,85)/b5-4-,6-4?,8-5?,9-6-,15-8?,16-9?,39-15?,39-16?. The number of rotatable bonds is 35. The molecule has 40 heteroatoms. The molecule has 11 N–H and O–H groups in total. The molecule has 4 aromatic rings. The second kappa shape index (κ2) is 36.7. The molecule has 2 aliphatic heterocycles. The topological polar surface area (TPSA) is 534 Å². The Kier molecular flexibility index (Phi) is 28.6. The molecule has 0 saturated carbocycles. The summed E-state index contributed by atoms with van der Waals surface area (Å²) in [6, 6.07) is 11.5. The summed E-state index contributed by atoms with van der Waals surface area (Å²) in [7, 11) is -17.2. The van der Waals surface area contributed by atoms with Gasteiger partial charge in [-0.05, 0) is 111 Å². The number of amides is 5. The summed E-state index contributed by atoms with van der Waals surface area (Å²) in [6.07, 6.45) is 11.6. The first kappa shape index (κ1) is 78.1. The molecule has 1 fully saturated rings. The van der Waals surface area contributed by atoms with Gasteiger partial charge >= 0.3 is 34.8 Å². The second-order valence-electron chi connectivity index (χ2n) is 22.9. The van der Waals surface area contributed by atoms with Crippen molar-refractivity contribution in [1.82, 2.24) is 36.1 Å². The first-order valence-corrected chi connectivity index (χ1v) is 35.4. The highest BCUT2D eigenvalue weighted by molar-refractivity contribution is 7.66. The molecule has 2 aromatic carbocycles. The van der Waals surface area contributed by atoms with E-state index >= 15 is 0 Å². The van der Waals surface area contributed by atoms with Crippen molar-refractivity contribution in [3.8, 4) is 17.6 Å². The molecular weight excluding hydrogens is 1380 g/mol. The Morgan fingerprint density at radius 3 is 2.34 bits per heavy atom. The van der Waals surface area contributed by atoms with Crippen molar-refractivity contribution >= 4 is 75.5 Å². The fourth-order valence-electron chi connectivity index (χ4n) is 10.6. The molecule has 4 heterocycles. The smallest absolute Gasteiger partial charge is 0.490 e. The van der Waals surface area contributed by atoms with E-state index in [1.165, 1.54) is 12.1 Å². The Bertz CT molecular complexity index is 4250. The molecule has 0 bridgehead atoms. The zero-order chi connectivity index (χ0) is 72.6. The van der Waals surface area contributed by atoms with Crippen LogP contribution in [0.2, 0.25) is 0 Å². The second-order valence-corrected chi connectivity index (χ2v) is 27.4. The zero-order valence-corrected chi connectivity index (χ0v) is 56.8. The third-order valence-corrected chi connectivity index (χ3v) is 18.9. The Balaban J connectivity index is 0.787. The van der Waals surface area contributed by atoms with E-state index in [1.807, 2.05) is 18.2 Å². The van der Waals surface area contributed by atoms with Gasteiger partial charge in [0.2, 0.25) is 11.8 Å². The van der Waals surface area contributed by atoms with Crippen molar-refractivity contribution in [1.29, 1.82) is 0 Å². The number of phosphoric acid groups is 3. The van der Waals surface area contributed by atoms with Gasteiger partial charge in [-0.1, -0.05) is 65.4 Å². The molecule has 0 spiro atoms. The minimum atomic E-state index is -5.86. The van der Waals surface area contributed by atoms with Crippen LogP contribution in [0.1, 0.15) is 110 Å².